The van der Waals surface area contributed by atoms with Gasteiger partial charge in [-0.25, -0.2) is 8.78 Å². The minimum Gasteiger partial charge on any atom is -0.438 e. The Bertz CT molecular complexity index is 714. The predicted molar refractivity (Wildman–Crippen MR) is 91.1 cm³/mol. The second kappa shape index (κ2) is 7.89. The van der Waals surface area contributed by atoms with Crippen molar-refractivity contribution >= 4 is 8.38 Å². The molecule has 0 fully saturated rings. The van der Waals surface area contributed by atoms with E-state index in [2.05, 4.69) is 0 Å². The summed E-state index contributed by atoms with van der Waals surface area (Å²) in [6.07, 6.45) is 0.488. The Hall–Kier alpha value is -2.45. The normalized spacial score (nSPS) is 11.8. The summed E-state index contributed by atoms with van der Waals surface area (Å²) in [5.41, 5.74) is 0.903. The van der Waals surface area contributed by atoms with Crippen LogP contribution >= 0.6 is 8.38 Å². The number of halogens is 2. The Morgan fingerprint density at radius 1 is 0.625 bits per heavy atom. The Labute approximate surface area is 140 Å². The maximum atomic E-state index is 13.1. The van der Waals surface area contributed by atoms with E-state index in [4.69, 9.17) is 9.05 Å². The van der Waals surface area contributed by atoms with Crippen molar-refractivity contribution in [2.45, 2.75) is 6.16 Å². The van der Waals surface area contributed by atoms with Crippen LogP contribution in [0, 0.1) is 11.6 Å². The summed E-state index contributed by atoms with van der Waals surface area (Å²) < 4.78 is 37.9. The number of hydrogen-bond acceptors (Lipinski definition) is 2. The number of para-hydroxylation sites is 1. The molecule has 0 amide bonds. The van der Waals surface area contributed by atoms with Crippen LogP contribution in [0.5, 0.6) is 11.5 Å². The number of hydrogen-bond donors (Lipinski definition) is 0. The molecule has 3 aromatic rings. The fraction of sp³-hybridized carbons (Fsp3) is 0.0526. The monoisotopic (exact) mass is 344 g/mol. The Morgan fingerprint density at radius 3 is 1.71 bits per heavy atom. The summed E-state index contributed by atoms with van der Waals surface area (Å²) in [6, 6.07) is 21.3. The first-order valence-corrected chi connectivity index (χ1v) is 8.74. The fourth-order valence-electron chi connectivity index (χ4n) is 2.03. The molecule has 0 saturated carbocycles. The predicted octanol–water partition coefficient (Wildman–Crippen LogP) is 5.93. The van der Waals surface area contributed by atoms with E-state index >= 15 is 0 Å². The minimum atomic E-state index is -1.35. The Morgan fingerprint density at radius 2 is 1.12 bits per heavy atom. The summed E-state index contributed by atoms with van der Waals surface area (Å²) in [5, 5.41) is 0. The molecule has 0 saturated heterocycles. The maximum Gasteiger partial charge on any atom is 0.295 e. The molecule has 1 unspecified atom stereocenters. The van der Waals surface area contributed by atoms with Gasteiger partial charge in [0.2, 0.25) is 0 Å². The largest absolute Gasteiger partial charge is 0.438 e. The standard InChI is InChI=1S/C19H15F2O2P/c20-16-8-6-15(7-9-16)14-24(22-18-4-2-1-3-5-18)23-19-12-10-17(21)11-13-19/h1-13H,14H2. The smallest absolute Gasteiger partial charge is 0.295 e. The number of benzene rings is 3. The van der Waals surface area contributed by atoms with Gasteiger partial charge >= 0.3 is 0 Å². The zero-order valence-electron chi connectivity index (χ0n) is 12.7. The summed E-state index contributed by atoms with van der Waals surface area (Å²) >= 11 is 0. The van der Waals surface area contributed by atoms with Gasteiger partial charge in [-0.3, -0.25) is 0 Å². The van der Waals surface area contributed by atoms with Crippen LogP contribution in [0.3, 0.4) is 0 Å². The molecule has 0 aliphatic rings. The molecule has 3 aromatic carbocycles. The van der Waals surface area contributed by atoms with Crippen molar-refractivity contribution < 1.29 is 17.8 Å². The third-order valence-electron chi connectivity index (χ3n) is 3.20. The molecule has 1 atom stereocenters. The molecule has 0 spiro atoms. The first kappa shape index (κ1) is 16.4. The van der Waals surface area contributed by atoms with Crippen LogP contribution in [-0.2, 0) is 6.16 Å². The van der Waals surface area contributed by atoms with E-state index in [9.17, 15) is 8.78 Å². The van der Waals surface area contributed by atoms with Gasteiger partial charge in [0.1, 0.15) is 23.1 Å². The van der Waals surface area contributed by atoms with Crippen LogP contribution in [-0.4, -0.2) is 0 Å². The average Bonchev–Trinajstić information content (AvgIpc) is 2.60. The highest BCUT2D eigenvalue weighted by atomic mass is 31.2. The van der Waals surface area contributed by atoms with Crippen LogP contribution in [0.2, 0.25) is 0 Å². The lowest BCUT2D eigenvalue weighted by Gasteiger charge is -2.19. The van der Waals surface area contributed by atoms with E-state index in [0.717, 1.165) is 5.56 Å². The van der Waals surface area contributed by atoms with Crippen molar-refractivity contribution in [2.75, 3.05) is 0 Å². The van der Waals surface area contributed by atoms with Gasteiger partial charge in [0.15, 0.2) is 0 Å². The van der Waals surface area contributed by atoms with Crippen molar-refractivity contribution in [3.8, 4) is 11.5 Å². The molecule has 3 rings (SSSR count). The van der Waals surface area contributed by atoms with E-state index in [1.807, 2.05) is 30.3 Å². The van der Waals surface area contributed by atoms with E-state index in [1.54, 1.807) is 24.3 Å². The minimum absolute atomic E-state index is 0.286. The second-order valence-electron chi connectivity index (χ2n) is 5.07. The third-order valence-corrected chi connectivity index (χ3v) is 4.65. The lowest BCUT2D eigenvalue weighted by molar-refractivity contribution is 0.487. The molecule has 5 heteroatoms. The topological polar surface area (TPSA) is 18.5 Å². The summed E-state index contributed by atoms with van der Waals surface area (Å²) in [5.74, 6) is 0.606. The van der Waals surface area contributed by atoms with Crippen LogP contribution in [0.4, 0.5) is 8.78 Å². The molecule has 0 bridgehead atoms. The molecule has 2 nitrogen and oxygen atoms in total. The summed E-state index contributed by atoms with van der Waals surface area (Å²) in [6.45, 7) is 0. The van der Waals surface area contributed by atoms with Gasteiger partial charge in [-0.05, 0) is 54.1 Å². The molecule has 24 heavy (non-hydrogen) atoms. The molecule has 0 heterocycles. The van der Waals surface area contributed by atoms with Gasteiger partial charge < -0.3 is 9.05 Å². The lowest BCUT2D eigenvalue weighted by atomic mass is 10.2. The molecule has 0 aromatic heterocycles. The molecule has 0 aliphatic heterocycles. The summed E-state index contributed by atoms with van der Waals surface area (Å²) in [7, 11) is -1.35. The van der Waals surface area contributed by atoms with Crippen LogP contribution in [0.1, 0.15) is 5.56 Å². The van der Waals surface area contributed by atoms with E-state index < -0.39 is 8.38 Å². The Balaban J connectivity index is 1.76. The molecule has 0 radical (unpaired) electrons. The van der Waals surface area contributed by atoms with Gasteiger partial charge in [0, 0.05) is 0 Å². The van der Waals surface area contributed by atoms with Gasteiger partial charge in [-0.1, -0.05) is 30.3 Å². The van der Waals surface area contributed by atoms with E-state index in [1.165, 1.54) is 24.3 Å². The fourth-order valence-corrected chi connectivity index (χ4v) is 3.42. The first-order chi connectivity index (χ1) is 11.7. The van der Waals surface area contributed by atoms with Crippen molar-refractivity contribution in [2.24, 2.45) is 0 Å². The van der Waals surface area contributed by atoms with Gasteiger partial charge in [0.05, 0.1) is 6.16 Å². The SMILES string of the molecule is Fc1ccc(CP(Oc2ccccc2)Oc2ccc(F)cc2)cc1. The molecule has 0 aliphatic carbocycles. The van der Waals surface area contributed by atoms with Gasteiger partial charge in [-0.2, -0.15) is 0 Å². The van der Waals surface area contributed by atoms with Crippen LogP contribution in [0.25, 0.3) is 0 Å². The van der Waals surface area contributed by atoms with E-state index in [0.29, 0.717) is 17.7 Å². The first-order valence-electron chi connectivity index (χ1n) is 7.37. The van der Waals surface area contributed by atoms with Gasteiger partial charge in [-0.15, -0.1) is 0 Å². The quantitative estimate of drug-likeness (QED) is 0.516. The lowest BCUT2D eigenvalue weighted by Crippen LogP contribution is -1.99. The number of rotatable bonds is 6. The highest BCUT2D eigenvalue weighted by molar-refractivity contribution is 7.47. The van der Waals surface area contributed by atoms with Crippen LogP contribution in [0.15, 0.2) is 78.9 Å². The molecule has 0 N–H and O–H groups in total. The zero-order valence-corrected chi connectivity index (χ0v) is 13.6. The van der Waals surface area contributed by atoms with Gasteiger partial charge in [0.25, 0.3) is 8.38 Å². The van der Waals surface area contributed by atoms with Crippen molar-refractivity contribution in [3.63, 3.8) is 0 Å². The zero-order chi connectivity index (χ0) is 16.8. The third kappa shape index (κ3) is 4.77. The molecule has 122 valence electrons. The highest BCUT2D eigenvalue weighted by Gasteiger charge is 2.16. The maximum absolute atomic E-state index is 13.1. The molecular weight excluding hydrogens is 329 g/mol. The van der Waals surface area contributed by atoms with Crippen LogP contribution < -0.4 is 9.05 Å². The van der Waals surface area contributed by atoms with Crippen molar-refractivity contribution in [3.05, 3.63) is 96.1 Å². The molecular formula is C19H15F2O2P. The summed E-state index contributed by atoms with van der Waals surface area (Å²) in [4.78, 5) is 0. The average molecular weight is 344 g/mol. The van der Waals surface area contributed by atoms with E-state index in [-0.39, 0.29) is 11.6 Å². The second-order valence-corrected chi connectivity index (χ2v) is 6.41. The highest BCUT2D eigenvalue weighted by Crippen LogP contribution is 2.43. The van der Waals surface area contributed by atoms with Crippen molar-refractivity contribution in [1.29, 1.82) is 0 Å². The van der Waals surface area contributed by atoms with Crippen molar-refractivity contribution in [1.82, 2.24) is 0 Å². The Kier molecular flexibility index (Phi) is 5.39.